The number of ether oxygens (including phenoxy) is 2. The Morgan fingerprint density at radius 3 is 2.63 bits per heavy atom. The van der Waals surface area contributed by atoms with Crippen LogP contribution < -0.4 is 20.1 Å². The Morgan fingerprint density at radius 1 is 1.09 bits per heavy atom. The quantitative estimate of drug-likeness (QED) is 0.677. The standard InChI is InChI=1S/C28H37N3O4/c1-2-34-24-12-10-23(11-13-24)30-26(32)21-31-18-15-28(16-19-31)14-6-5-8-22-7-3-4-9-25(22)35-20-17-29-27(28)33/h3-4,7,9-13H,2,5-6,8,14-21H2,1H3,(H,29,33)(H,30,32). The molecule has 7 heteroatoms. The lowest BCUT2D eigenvalue weighted by molar-refractivity contribution is -0.135. The average molecular weight is 480 g/mol. The average Bonchev–Trinajstić information content (AvgIpc) is 2.87. The largest absolute Gasteiger partial charge is 0.494 e. The van der Waals surface area contributed by atoms with Crippen LogP contribution in [0.4, 0.5) is 5.69 Å². The zero-order valence-electron chi connectivity index (χ0n) is 20.7. The maximum atomic E-state index is 13.2. The number of nitrogens with zero attached hydrogens (tertiary/aromatic N) is 1. The van der Waals surface area contributed by atoms with Gasteiger partial charge in [0.05, 0.1) is 25.1 Å². The van der Waals surface area contributed by atoms with Crippen molar-refractivity contribution in [3.8, 4) is 11.5 Å². The van der Waals surface area contributed by atoms with Crippen LogP contribution in [-0.2, 0) is 16.0 Å². The van der Waals surface area contributed by atoms with Crippen molar-refractivity contribution < 1.29 is 19.1 Å². The predicted molar refractivity (Wildman–Crippen MR) is 137 cm³/mol. The Morgan fingerprint density at radius 2 is 1.86 bits per heavy atom. The van der Waals surface area contributed by atoms with E-state index in [4.69, 9.17) is 9.47 Å². The summed E-state index contributed by atoms with van der Waals surface area (Å²) in [6.45, 7) is 5.34. The van der Waals surface area contributed by atoms with Crippen LogP contribution in [-0.4, -0.2) is 56.1 Å². The van der Waals surface area contributed by atoms with E-state index in [-0.39, 0.29) is 17.2 Å². The third kappa shape index (κ3) is 6.75. The maximum Gasteiger partial charge on any atom is 0.238 e. The number of nitrogens with one attached hydrogen (secondary N) is 2. The molecule has 188 valence electrons. The first-order valence-electron chi connectivity index (χ1n) is 12.8. The minimum Gasteiger partial charge on any atom is -0.494 e. The van der Waals surface area contributed by atoms with Crippen molar-refractivity contribution >= 4 is 17.5 Å². The summed E-state index contributed by atoms with van der Waals surface area (Å²) < 4.78 is 11.4. The number of piperidine rings is 1. The van der Waals surface area contributed by atoms with E-state index in [0.29, 0.717) is 26.3 Å². The summed E-state index contributed by atoms with van der Waals surface area (Å²) in [5.41, 5.74) is 1.64. The fourth-order valence-corrected chi connectivity index (χ4v) is 5.08. The Hall–Kier alpha value is -3.06. The van der Waals surface area contributed by atoms with Crippen molar-refractivity contribution in [1.29, 1.82) is 0 Å². The topological polar surface area (TPSA) is 79.9 Å². The molecule has 1 fully saturated rings. The first-order chi connectivity index (χ1) is 17.1. The lowest BCUT2D eigenvalue weighted by atomic mass is 9.73. The third-order valence-corrected chi connectivity index (χ3v) is 7.08. The lowest BCUT2D eigenvalue weighted by Crippen LogP contribution is -2.50. The van der Waals surface area contributed by atoms with Gasteiger partial charge < -0.3 is 20.1 Å². The molecule has 0 radical (unpaired) electrons. The molecule has 2 N–H and O–H groups in total. The fourth-order valence-electron chi connectivity index (χ4n) is 5.08. The Bertz CT molecular complexity index is 984. The van der Waals surface area contributed by atoms with Crippen LogP contribution in [0.25, 0.3) is 0 Å². The molecule has 35 heavy (non-hydrogen) atoms. The van der Waals surface area contributed by atoms with Crippen LogP contribution in [0.5, 0.6) is 11.5 Å². The van der Waals surface area contributed by atoms with Gasteiger partial charge in [0.15, 0.2) is 0 Å². The normalized spacial score (nSPS) is 18.8. The smallest absolute Gasteiger partial charge is 0.238 e. The summed E-state index contributed by atoms with van der Waals surface area (Å²) in [4.78, 5) is 28.0. The Balaban J connectivity index is 1.29. The van der Waals surface area contributed by atoms with Gasteiger partial charge in [0, 0.05) is 5.69 Å². The minimum atomic E-state index is -0.360. The highest BCUT2D eigenvalue weighted by molar-refractivity contribution is 5.92. The number of hydrogen-bond donors (Lipinski definition) is 2. The minimum absolute atomic E-state index is 0.0379. The van der Waals surface area contributed by atoms with Crippen molar-refractivity contribution in [3.63, 3.8) is 0 Å². The zero-order chi connectivity index (χ0) is 24.5. The van der Waals surface area contributed by atoms with E-state index in [2.05, 4.69) is 27.7 Å². The predicted octanol–water partition coefficient (Wildman–Crippen LogP) is 4.03. The fraction of sp³-hybridized carbons (Fsp3) is 0.500. The van der Waals surface area contributed by atoms with Gasteiger partial charge in [0.2, 0.25) is 11.8 Å². The summed E-state index contributed by atoms with van der Waals surface area (Å²) in [6, 6.07) is 15.6. The van der Waals surface area contributed by atoms with Gasteiger partial charge in [-0.1, -0.05) is 24.6 Å². The van der Waals surface area contributed by atoms with E-state index in [9.17, 15) is 9.59 Å². The van der Waals surface area contributed by atoms with E-state index in [1.807, 2.05) is 43.3 Å². The van der Waals surface area contributed by atoms with E-state index in [0.717, 1.165) is 68.8 Å². The van der Waals surface area contributed by atoms with Crippen LogP contribution in [0.15, 0.2) is 48.5 Å². The van der Waals surface area contributed by atoms with Crippen LogP contribution in [0.2, 0.25) is 0 Å². The van der Waals surface area contributed by atoms with Crippen molar-refractivity contribution in [1.82, 2.24) is 10.2 Å². The van der Waals surface area contributed by atoms with Gasteiger partial charge in [-0.15, -0.1) is 0 Å². The highest BCUT2D eigenvalue weighted by Crippen LogP contribution is 2.37. The van der Waals surface area contributed by atoms with Gasteiger partial charge in [0.25, 0.3) is 0 Å². The van der Waals surface area contributed by atoms with Crippen molar-refractivity contribution in [2.45, 2.75) is 45.4 Å². The van der Waals surface area contributed by atoms with Gasteiger partial charge in [-0.2, -0.15) is 0 Å². The number of carbonyl (C=O) groups excluding carboxylic acids is 2. The molecule has 0 saturated carbocycles. The molecule has 0 unspecified atom stereocenters. The number of hydrogen-bond acceptors (Lipinski definition) is 5. The second-order valence-electron chi connectivity index (χ2n) is 9.48. The molecule has 0 aromatic heterocycles. The molecular formula is C28H37N3O4. The summed E-state index contributed by atoms with van der Waals surface area (Å²) in [5, 5.41) is 6.09. The van der Waals surface area contributed by atoms with E-state index >= 15 is 0 Å². The Labute approximate surface area is 208 Å². The van der Waals surface area contributed by atoms with Crippen molar-refractivity contribution in [2.24, 2.45) is 5.41 Å². The molecule has 2 aliphatic rings. The van der Waals surface area contributed by atoms with Gasteiger partial charge in [-0.25, -0.2) is 0 Å². The molecule has 2 aromatic carbocycles. The molecule has 1 saturated heterocycles. The number of aryl methyl sites for hydroxylation is 1. The van der Waals surface area contributed by atoms with Crippen molar-refractivity contribution in [2.75, 3.05) is 44.7 Å². The Kier molecular flexibility index (Phi) is 8.64. The molecule has 0 atom stereocenters. The number of anilines is 1. The first-order valence-corrected chi connectivity index (χ1v) is 12.8. The number of benzene rings is 2. The monoisotopic (exact) mass is 479 g/mol. The van der Waals surface area contributed by atoms with Crippen LogP contribution in [0.3, 0.4) is 0 Å². The number of para-hydroxylation sites is 1. The maximum absolute atomic E-state index is 13.2. The lowest BCUT2D eigenvalue weighted by Gasteiger charge is -2.40. The molecule has 2 aromatic rings. The number of likely N-dealkylation sites (tertiary alicyclic amines) is 1. The van der Waals surface area contributed by atoms with Gasteiger partial charge in [-0.3, -0.25) is 14.5 Å². The number of rotatable bonds is 5. The summed E-state index contributed by atoms with van der Waals surface area (Å²) in [5.74, 6) is 1.81. The number of fused-ring (bicyclic) bond motifs is 1. The molecule has 4 rings (SSSR count). The first kappa shape index (κ1) is 25.0. The van der Waals surface area contributed by atoms with E-state index in [1.165, 1.54) is 5.56 Å². The molecule has 0 bridgehead atoms. The molecule has 7 nitrogen and oxygen atoms in total. The summed E-state index contributed by atoms with van der Waals surface area (Å²) >= 11 is 0. The number of amides is 2. The zero-order valence-corrected chi connectivity index (χ0v) is 20.7. The second-order valence-corrected chi connectivity index (χ2v) is 9.48. The van der Waals surface area contributed by atoms with Crippen LogP contribution >= 0.6 is 0 Å². The summed E-state index contributed by atoms with van der Waals surface area (Å²) in [7, 11) is 0. The molecule has 0 aliphatic carbocycles. The van der Waals surface area contributed by atoms with Gasteiger partial charge >= 0.3 is 0 Å². The SMILES string of the molecule is CCOc1ccc(NC(=O)CN2CCC3(CCCCc4ccccc4OCCNC3=O)CC2)cc1. The van der Waals surface area contributed by atoms with E-state index in [1.54, 1.807) is 0 Å². The second kappa shape index (κ2) is 12.1. The highest BCUT2D eigenvalue weighted by Gasteiger charge is 2.40. The number of carbonyl (C=O) groups is 2. The van der Waals surface area contributed by atoms with Crippen molar-refractivity contribution in [3.05, 3.63) is 54.1 Å². The van der Waals surface area contributed by atoms with Gasteiger partial charge in [-0.05, 0) is 88.0 Å². The molecule has 2 heterocycles. The van der Waals surface area contributed by atoms with Crippen LogP contribution in [0.1, 0.15) is 44.6 Å². The third-order valence-electron chi connectivity index (χ3n) is 7.08. The molecule has 2 aliphatic heterocycles. The molecular weight excluding hydrogens is 442 g/mol. The van der Waals surface area contributed by atoms with Crippen LogP contribution in [0, 0.1) is 5.41 Å². The van der Waals surface area contributed by atoms with E-state index < -0.39 is 0 Å². The summed E-state index contributed by atoms with van der Waals surface area (Å²) in [6.07, 6.45) is 5.42. The van der Waals surface area contributed by atoms with Gasteiger partial charge in [0.1, 0.15) is 18.1 Å². The molecule has 1 spiro atoms. The highest BCUT2D eigenvalue weighted by atomic mass is 16.5. The molecule has 2 amide bonds.